The van der Waals surface area contributed by atoms with Gasteiger partial charge < -0.3 is 10.1 Å². The van der Waals surface area contributed by atoms with Crippen molar-refractivity contribution < 1.29 is 13.9 Å². The number of nitrogens with one attached hydrogen (secondary N) is 1. The molecule has 6 heteroatoms. The standard InChI is InChI=1S/C20H17ClFNO2S/c1-13-8-16(21)4-7-18(13)25-11-15-9-19(26-12-15)20(24)23-10-14-2-5-17(22)6-3-14/h2-9,12H,10-11H2,1H3,(H,23,24). The zero-order valence-electron chi connectivity index (χ0n) is 14.1. The Balaban J connectivity index is 1.55. The Labute approximate surface area is 160 Å². The van der Waals surface area contributed by atoms with Crippen molar-refractivity contribution >= 4 is 28.8 Å². The number of rotatable bonds is 6. The van der Waals surface area contributed by atoms with E-state index in [1.54, 1.807) is 18.2 Å². The van der Waals surface area contributed by atoms with Crippen LogP contribution in [0, 0.1) is 12.7 Å². The summed E-state index contributed by atoms with van der Waals surface area (Å²) in [6.45, 7) is 2.67. The maximum absolute atomic E-state index is 12.9. The van der Waals surface area contributed by atoms with E-state index < -0.39 is 0 Å². The number of hydrogen-bond acceptors (Lipinski definition) is 3. The van der Waals surface area contributed by atoms with Crippen LogP contribution in [0.5, 0.6) is 5.75 Å². The molecule has 0 aliphatic carbocycles. The van der Waals surface area contributed by atoms with Gasteiger partial charge in [-0.3, -0.25) is 4.79 Å². The monoisotopic (exact) mass is 389 g/mol. The average molecular weight is 390 g/mol. The molecule has 0 spiro atoms. The van der Waals surface area contributed by atoms with E-state index in [-0.39, 0.29) is 11.7 Å². The fourth-order valence-electron chi connectivity index (χ4n) is 2.38. The molecule has 0 unspecified atom stereocenters. The fraction of sp³-hybridized carbons (Fsp3) is 0.150. The second kappa shape index (κ2) is 8.34. The quantitative estimate of drug-likeness (QED) is 0.616. The van der Waals surface area contributed by atoms with E-state index in [0.29, 0.717) is 23.1 Å². The lowest BCUT2D eigenvalue weighted by atomic mass is 10.2. The van der Waals surface area contributed by atoms with Gasteiger partial charge in [0.15, 0.2) is 0 Å². The Bertz CT molecular complexity index is 908. The first-order valence-corrected chi connectivity index (χ1v) is 9.26. The summed E-state index contributed by atoms with van der Waals surface area (Å²) in [5, 5.41) is 5.40. The number of amides is 1. The maximum Gasteiger partial charge on any atom is 0.261 e. The Hall–Kier alpha value is -2.37. The fourth-order valence-corrected chi connectivity index (χ4v) is 3.42. The predicted molar refractivity (Wildman–Crippen MR) is 102 cm³/mol. The van der Waals surface area contributed by atoms with Crippen LogP contribution in [-0.4, -0.2) is 5.91 Å². The first-order chi connectivity index (χ1) is 12.5. The van der Waals surface area contributed by atoms with Gasteiger partial charge in [0.2, 0.25) is 0 Å². The molecule has 0 aliphatic rings. The summed E-state index contributed by atoms with van der Waals surface area (Å²) in [6, 6.07) is 13.3. The lowest BCUT2D eigenvalue weighted by Gasteiger charge is -2.08. The molecular weight excluding hydrogens is 373 g/mol. The van der Waals surface area contributed by atoms with E-state index in [2.05, 4.69) is 5.32 Å². The minimum Gasteiger partial charge on any atom is -0.489 e. The van der Waals surface area contributed by atoms with E-state index in [4.69, 9.17) is 16.3 Å². The van der Waals surface area contributed by atoms with Gasteiger partial charge in [-0.2, -0.15) is 0 Å². The van der Waals surface area contributed by atoms with Gasteiger partial charge in [-0.05, 0) is 59.8 Å². The van der Waals surface area contributed by atoms with Crippen molar-refractivity contribution in [1.82, 2.24) is 5.32 Å². The number of ether oxygens (including phenoxy) is 1. The second-order valence-corrected chi connectivity index (χ2v) is 7.17. The minimum absolute atomic E-state index is 0.159. The van der Waals surface area contributed by atoms with Crippen molar-refractivity contribution in [2.24, 2.45) is 0 Å². The van der Waals surface area contributed by atoms with Crippen LogP contribution in [0.2, 0.25) is 5.02 Å². The smallest absolute Gasteiger partial charge is 0.261 e. The third kappa shape index (κ3) is 4.84. The molecule has 0 saturated heterocycles. The van der Waals surface area contributed by atoms with Gasteiger partial charge in [0.1, 0.15) is 18.2 Å². The minimum atomic E-state index is -0.293. The molecule has 0 saturated carbocycles. The van der Waals surface area contributed by atoms with Crippen LogP contribution in [-0.2, 0) is 13.2 Å². The van der Waals surface area contributed by atoms with Crippen molar-refractivity contribution in [3.8, 4) is 5.75 Å². The third-order valence-electron chi connectivity index (χ3n) is 3.78. The molecule has 0 bridgehead atoms. The first-order valence-electron chi connectivity index (χ1n) is 8.00. The number of thiophene rings is 1. The van der Waals surface area contributed by atoms with Gasteiger partial charge in [-0.1, -0.05) is 23.7 Å². The molecule has 0 fully saturated rings. The van der Waals surface area contributed by atoms with Crippen LogP contribution < -0.4 is 10.1 Å². The SMILES string of the molecule is Cc1cc(Cl)ccc1OCc1csc(C(=O)NCc2ccc(F)cc2)c1. The van der Waals surface area contributed by atoms with Crippen molar-refractivity contribution in [2.45, 2.75) is 20.1 Å². The van der Waals surface area contributed by atoms with Crippen LogP contribution in [0.25, 0.3) is 0 Å². The lowest BCUT2D eigenvalue weighted by Crippen LogP contribution is -2.21. The molecule has 2 aromatic carbocycles. The first kappa shape index (κ1) is 18.4. The molecule has 0 atom stereocenters. The topological polar surface area (TPSA) is 38.3 Å². The van der Waals surface area contributed by atoms with Crippen LogP contribution in [0.3, 0.4) is 0 Å². The molecule has 0 aliphatic heterocycles. The summed E-state index contributed by atoms with van der Waals surface area (Å²) in [6.07, 6.45) is 0. The summed E-state index contributed by atoms with van der Waals surface area (Å²) in [4.78, 5) is 12.8. The summed E-state index contributed by atoms with van der Waals surface area (Å²) in [7, 11) is 0. The van der Waals surface area contributed by atoms with Gasteiger partial charge >= 0.3 is 0 Å². The number of hydrogen-bond donors (Lipinski definition) is 1. The zero-order chi connectivity index (χ0) is 18.5. The van der Waals surface area contributed by atoms with E-state index in [9.17, 15) is 9.18 Å². The number of benzene rings is 2. The average Bonchev–Trinajstić information content (AvgIpc) is 3.09. The van der Waals surface area contributed by atoms with Crippen LogP contribution in [0.15, 0.2) is 53.9 Å². The highest BCUT2D eigenvalue weighted by Crippen LogP contribution is 2.24. The zero-order valence-corrected chi connectivity index (χ0v) is 15.7. The Kier molecular flexibility index (Phi) is 5.91. The molecule has 1 heterocycles. The number of carbonyl (C=O) groups excluding carboxylic acids is 1. The van der Waals surface area contributed by atoms with E-state index in [1.165, 1.54) is 23.5 Å². The molecule has 134 valence electrons. The van der Waals surface area contributed by atoms with Crippen molar-refractivity contribution in [3.63, 3.8) is 0 Å². The van der Waals surface area contributed by atoms with Crippen molar-refractivity contribution in [2.75, 3.05) is 0 Å². The lowest BCUT2D eigenvalue weighted by molar-refractivity contribution is 0.0955. The Morgan fingerprint density at radius 2 is 1.92 bits per heavy atom. The highest BCUT2D eigenvalue weighted by molar-refractivity contribution is 7.12. The summed E-state index contributed by atoms with van der Waals surface area (Å²) in [5.74, 6) is 0.315. The molecule has 1 N–H and O–H groups in total. The molecule has 3 rings (SSSR count). The van der Waals surface area contributed by atoms with Crippen LogP contribution in [0.4, 0.5) is 4.39 Å². The number of carbonyl (C=O) groups is 1. The van der Waals surface area contributed by atoms with Crippen LogP contribution >= 0.6 is 22.9 Å². The van der Waals surface area contributed by atoms with E-state index >= 15 is 0 Å². The molecular formula is C20H17ClFNO2S. The highest BCUT2D eigenvalue weighted by atomic mass is 35.5. The highest BCUT2D eigenvalue weighted by Gasteiger charge is 2.10. The van der Waals surface area contributed by atoms with Gasteiger partial charge in [0.25, 0.3) is 5.91 Å². The molecule has 1 aromatic heterocycles. The number of aryl methyl sites for hydroxylation is 1. The van der Waals surface area contributed by atoms with Gasteiger partial charge in [-0.15, -0.1) is 11.3 Å². The predicted octanol–water partition coefficient (Wildman–Crippen LogP) is 5.36. The van der Waals surface area contributed by atoms with Gasteiger partial charge in [0, 0.05) is 17.1 Å². The molecule has 1 amide bonds. The second-order valence-electron chi connectivity index (χ2n) is 5.83. The summed E-state index contributed by atoms with van der Waals surface area (Å²) in [5.41, 5.74) is 2.74. The van der Waals surface area contributed by atoms with Crippen molar-refractivity contribution in [3.05, 3.63) is 86.3 Å². The molecule has 3 nitrogen and oxygen atoms in total. The normalized spacial score (nSPS) is 10.6. The molecule has 3 aromatic rings. The Morgan fingerprint density at radius 1 is 1.15 bits per heavy atom. The Morgan fingerprint density at radius 3 is 2.65 bits per heavy atom. The summed E-state index contributed by atoms with van der Waals surface area (Å²) < 4.78 is 18.7. The molecule has 0 radical (unpaired) electrons. The number of halogens is 2. The van der Waals surface area contributed by atoms with Gasteiger partial charge in [-0.25, -0.2) is 4.39 Å². The largest absolute Gasteiger partial charge is 0.489 e. The van der Waals surface area contributed by atoms with Crippen LogP contribution in [0.1, 0.15) is 26.4 Å². The summed E-state index contributed by atoms with van der Waals surface area (Å²) >= 11 is 7.30. The van der Waals surface area contributed by atoms with E-state index in [1.807, 2.05) is 30.5 Å². The van der Waals surface area contributed by atoms with E-state index in [0.717, 1.165) is 22.4 Å². The van der Waals surface area contributed by atoms with Gasteiger partial charge in [0.05, 0.1) is 4.88 Å². The maximum atomic E-state index is 12.9. The third-order valence-corrected chi connectivity index (χ3v) is 4.99. The van der Waals surface area contributed by atoms with Crippen molar-refractivity contribution in [1.29, 1.82) is 0 Å². The molecule has 26 heavy (non-hydrogen) atoms.